The van der Waals surface area contributed by atoms with Gasteiger partial charge in [0.1, 0.15) is 0 Å². The summed E-state index contributed by atoms with van der Waals surface area (Å²) < 4.78 is 0. The van der Waals surface area contributed by atoms with Crippen LogP contribution in [0.3, 0.4) is 0 Å². The maximum Gasteiger partial charge on any atom is 0.305 e. The molecule has 2 atom stereocenters. The highest BCUT2D eigenvalue weighted by atomic mass is 16.4. The molecule has 37 heavy (non-hydrogen) atoms. The maximum atomic E-state index is 12.7. The van der Waals surface area contributed by atoms with E-state index in [2.05, 4.69) is 21.3 Å². The summed E-state index contributed by atoms with van der Waals surface area (Å²) in [6, 6.07) is 20.9. The minimum atomic E-state index is -1.03. The van der Waals surface area contributed by atoms with E-state index in [1.54, 1.807) is 48.5 Å². The molecule has 9 nitrogen and oxygen atoms in total. The van der Waals surface area contributed by atoms with Gasteiger partial charge in [-0.2, -0.15) is 0 Å². The number of carboxylic acid groups (broad SMARTS) is 1. The summed E-state index contributed by atoms with van der Waals surface area (Å²) in [6.45, 7) is 1.88. The van der Waals surface area contributed by atoms with Crippen LogP contribution in [0.2, 0.25) is 0 Å². The number of amides is 3. The van der Waals surface area contributed by atoms with Crippen molar-refractivity contribution >= 4 is 40.8 Å². The van der Waals surface area contributed by atoms with Crippen molar-refractivity contribution in [1.29, 1.82) is 0 Å². The Morgan fingerprint density at radius 1 is 0.919 bits per heavy atom. The van der Waals surface area contributed by atoms with Crippen molar-refractivity contribution in [3.8, 4) is 0 Å². The topological polar surface area (TPSA) is 137 Å². The highest BCUT2D eigenvalue weighted by Gasteiger charge is 2.28. The molecule has 3 aromatic carbocycles. The van der Waals surface area contributed by atoms with Crippen molar-refractivity contribution < 1.29 is 24.3 Å². The molecule has 190 valence electrons. The number of carbonyl (C=O) groups excluding carboxylic acids is 3. The minimum absolute atomic E-state index is 0.0875. The van der Waals surface area contributed by atoms with E-state index in [-0.39, 0.29) is 36.5 Å². The van der Waals surface area contributed by atoms with E-state index in [0.717, 1.165) is 16.8 Å². The van der Waals surface area contributed by atoms with Crippen molar-refractivity contribution in [3.05, 3.63) is 89.5 Å². The second kappa shape index (κ2) is 11.4. The Hall–Kier alpha value is -4.66. The van der Waals surface area contributed by atoms with Gasteiger partial charge in [0, 0.05) is 30.5 Å². The van der Waals surface area contributed by atoms with Crippen LogP contribution < -0.4 is 21.3 Å². The predicted molar refractivity (Wildman–Crippen MR) is 140 cm³/mol. The van der Waals surface area contributed by atoms with E-state index >= 15 is 0 Å². The highest BCUT2D eigenvalue weighted by Crippen LogP contribution is 2.31. The second-order valence-corrected chi connectivity index (χ2v) is 8.90. The third-order valence-corrected chi connectivity index (χ3v) is 6.09. The number of benzene rings is 3. The molecule has 0 saturated carbocycles. The number of aliphatic carboxylic acids is 1. The molecule has 5 N–H and O–H groups in total. The Bertz CT molecular complexity index is 1290. The van der Waals surface area contributed by atoms with Crippen LogP contribution in [0.4, 0.5) is 17.1 Å². The molecule has 0 radical (unpaired) electrons. The number of para-hydroxylation sites is 1. The molecule has 0 spiro atoms. The molecule has 2 unspecified atom stereocenters. The van der Waals surface area contributed by atoms with E-state index in [1.165, 1.54) is 6.92 Å². The lowest BCUT2D eigenvalue weighted by atomic mass is 10.0. The molecule has 3 amide bonds. The Morgan fingerprint density at radius 3 is 2.24 bits per heavy atom. The quantitative estimate of drug-likeness (QED) is 0.304. The van der Waals surface area contributed by atoms with Crippen LogP contribution in [0.1, 0.15) is 42.0 Å². The summed E-state index contributed by atoms with van der Waals surface area (Å²) in [5.74, 6) is -1.92. The van der Waals surface area contributed by atoms with Gasteiger partial charge in [0.25, 0.3) is 0 Å². The third kappa shape index (κ3) is 6.72. The number of carbonyl (C=O) groups is 4. The van der Waals surface area contributed by atoms with E-state index in [0.29, 0.717) is 23.5 Å². The highest BCUT2D eigenvalue weighted by molar-refractivity contribution is 5.98. The molecule has 3 aromatic rings. The maximum absolute atomic E-state index is 12.7. The largest absolute Gasteiger partial charge is 0.481 e. The monoisotopic (exact) mass is 500 g/mol. The van der Waals surface area contributed by atoms with Gasteiger partial charge in [0.15, 0.2) is 0 Å². The van der Waals surface area contributed by atoms with Crippen molar-refractivity contribution in [2.75, 3.05) is 22.5 Å². The lowest BCUT2D eigenvalue weighted by molar-refractivity contribution is -0.137. The Balaban J connectivity index is 1.30. The third-order valence-electron chi connectivity index (χ3n) is 6.09. The van der Waals surface area contributed by atoms with Crippen molar-refractivity contribution in [1.82, 2.24) is 5.32 Å². The van der Waals surface area contributed by atoms with Crippen LogP contribution in [0.5, 0.6) is 0 Å². The van der Waals surface area contributed by atoms with Gasteiger partial charge in [-0.3, -0.25) is 19.2 Å². The summed E-state index contributed by atoms with van der Waals surface area (Å²) in [5, 5.41) is 20.7. The fraction of sp³-hybridized carbons (Fsp3) is 0.214. The summed E-state index contributed by atoms with van der Waals surface area (Å²) in [4.78, 5) is 47.8. The first-order valence-electron chi connectivity index (χ1n) is 11.9. The molecule has 1 aliphatic heterocycles. The summed E-state index contributed by atoms with van der Waals surface area (Å²) in [5.41, 5.74) is 4.58. The van der Waals surface area contributed by atoms with Crippen molar-refractivity contribution in [3.63, 3.8) is 0 Å². The Morgan fingerprint density at radius 2 is 1.57 bits per heavy atom. The number of hydrogen-bond acceptors (Lipinski definition) is 5. The van der Waals surface area contributed by atoms with Crippen LogP contribution in [0, 0.1) is 0 Å². The van der Waals surface area contributed by atoms with E-state index in [4.69, 9.17) is 5.11 Å². The molecular formula is C28H28N4O5. The van der Waals surface area contributed by atoms with Gasteiger partial charge in [0.2, 0.25) is 17.7 Å². The molecule has 0 saturated heterocycles. The van der Waals surface area contributed by atoms with Crippen LogP contribution >= 0.6 is 0 Å². The second-order valence-electron chi connectivity index (χ2n) is 8.90. The molecule has 4 rings (SSSR count). The molecule has 0 aromatic heterocycles. The molecule has 1 heterocycles. The van der Waals surface area contributed by atoms with Gasteiger partial charge in [-0.05, 0) is 47.0 Å². The van der Waals surface area contributed by atoms with Gasteiger partial charge >= 0.3 is 5.97 Å². The zero-order chi connectivity index (χ0) is 26.4. The number of hydrogen-bond donors (Lipinski definition) is 5. The average molecular weight is 501 g/mol. The van der Waals surface area contributed by atoms with Crippen LogP contribution in [-0.2, 0) is 25.6 Å². The van der Waals surface area contributed by atoms with Crippen molar-refractivity contribution in [2.24, 2.45) is 0 Å². The molecule has 1 aliphatic rings. The first-order valence-corrected chi connectivity index (χ1v) is 11.9. The van der Waals surface area contributed by atoms with Gasteiger partial charge in [0.05, 0.1) is 24.8 Å². The van der Waals surface area contributed by atoms with Gasteiger partial charge < -0.3 is 26.4 Å². The normalized spacial score (nSPS) is 14.6. The number of anilines is 3. The summed E-state index contributed by atoms with van der Waals surface area (Å²) in [6.07, 6.45) is -0.101. The summed E-state index contributed by atoms with van der Waals surface area (Å²) >= 11 is 0. The SMILES string of the molecule is CC(=O)NC(CC(=O)O)c1ccc(NC(=O)Cc2ccc(NC(=O)C3CNc4ccccc43)cc2)cc1. The standard InChI is InChI=1S/C28H28N4O5/c1-17(33)30-25(15-27(35)36)19-8-12-20(13-9-19)31-26(34)14-18-6-10-21(11-7-18)32-28(37)23-16-29-24-5-3-2-4-22(23)24/h2-13,23,25,29H,14-16H2,1H3,(H,30,33)(H,31,34)(H,32,37)(H,35,36). The van der Waals surface area contributed by atoms with E-state index in [1.807, 2.05) is 24.3 Å². The minimum Gasteiger partial charge on any atom is -0.481 e. The molecule has 0 bridgehead atoms. The number of nitrogens with one attached hydrogen (secondary N) is 4. The first-order chi connectivity index (χ1) is 17.8. The zero-order valence-corrected chi connectivity index (χ0v) is 20.3. The fourth-order valence-electron chi connectivity index (χ4n) is 4.31. The number of carboxylic acids is 1. The zero-order valence-electron chi connectivity index (χ0n) is 20.3. The van der Waals surface area contributed by atoms with E-state index < -0.39 is 12.0 Å². The molecular weight excluding hydrogens is 472 g/mol. The van der Waals surface area contributed by atoms with Crippen LogP contribution in [0.25, 0.3) is 0 Å². The first kappa shape index (κ1) is 25.4. The fourth-order valence-corrected chi connectivity index (χ4v) is 4.31. The van der Waals surface area contributed by atoms with Gasteiger partial charge in [-0.15, -0.1) is 0 Å². The molecule has 0 fully saturated rings. The smallest absolute Gasteiger partial charge is 0.305 e. The Kier molecular flexibility index (Phi) is 7.83. The number of rotatable bonds is 9. The lowest BCUT2D eigenvalue weighted by Crippen LogP contribution is -2.28. The van der Waals surface area contributed by atoms with Crippen molar-refractivity contribution in [2.45, 2.75) is 31.7 Å². The van der Waals surface area contributed by atoms with E-state index in [9.17, 15) is 19.2 Å². The predicted octanol–water partition coefficient (Wildman–Crippen LogP) is 3.67. The number of fused-ring (bicyclic) bond motifs is 1. The summed E-state index contributed by atoms with van der Waals surface area (Å²) in [7, 11) is 0. The van der Waals surface area contributed by atoms with Gasteiger partial charge in [-0.25, -0.2) is 0 Å². The molecule has 0 aliphatic carbocycles. The lowest BCUT2D eigenvalue weighted by Gasteiger charge is -2.17. The average Bonchev–Trinajstić information content (AvgIpc) is 3.29. The van der Waals surface area contributed by atoms with Crippen LogP contribution in [-0.4, -0.2) is 35.3 Å². The Labute approximate surface area is 214 Å². The van der Waals surface area contributed by atoms with Crippen LogP contribution in [0.15, 0.2) is 72.8 Å². The molecule has 9 heteroatoms. The van der Waals surface area contributed by atoms with Gasteiger partial charge in [-0.1, -0.05) is 42.5 Å².